The maximum Gasteiger partial charge on any atom is 0.335 e. The van der Waals surface area contributed by atoms with Gasteiger partial charge in [0.05, 0.1) is 30.3 Å². The molecule has 0 bridgehead atoms. The Morgan fingerprint density at radius 2 is 1.96 bits per heavy atom. The van der Waals surface area contributed by atoms with E-state index in [9.17, 15) is 13.2 Å². The van der Waals surface area contributed by atoms with Crippen LogP contribution in [0.1, 0.15) is 23.2 Å². The SMILES string of the molecule is COCCN(CCCOc1ccc(C(=O)O)cc1)C1CCS(=O)(=O)C1. The number of aromatic carboxylic acids is 1. The van der Waals surface area contributed by atoms with Crippen LogP contribution < -0.4 is 4.74 Å². The molecule has 0 spiro atoms. The lowest BCUT2D eigenvalue weighted by Gasteiger charge is -2.27. The van der Waals surface area contributed by atoms with Crippen LogP contribution in [0.5, 0.6) is 5.75 Å². The van der Waals surface area contributed by atoms with E-state index in [0.717, 1.165) is 13.0 Å². The van der Waals surface area contributed by atoms with Gasteiger partial charge in [0.2, 0.25) is 0 Å². The third-order valence-electron chi connectivity index (χ3n) is 4.27. The average Bonchev–Trinajstić information content (AvgIpc) is 2.94. The molecule has 1 aromatic rings. The fourth-order valence-electron chi connectivity index (χ4n) is 2.90. The summed E-state index contributed by atoms with van der Waals surface area (Å²) in [7, 11) is -1.28. The molecule has 0 saturated carbocycles. The number of rotatable bonds is 10. The predicted octanol–water partition coefficient (Wildman–Crippen LogP) is 1.29. The molecule has 7 nitrogen and oxygen atoms in total. The minimum absolute atomic E-state index is 0.0509. The van der Waals surface area contributed by atoms with Crippen molar-refractivity contribution in [3.05, 3.63) is 29.8 Å². The maximum atomic E-state index is 11.7. The molecule has 0 aromatic heterocycles. The number of hydrogen-bond acceptors (Lipinski definition) is 6. The first-order valence-corrected chi connectivity index (χ1v) is 10.1. The zero-order valence-corrected chi connectivity index (χ0v) is 15.2. The molecule has 0 radical (unpaired) electrons. The van der Waals surface area contributed by atoms with Crippen molar-refractivity contribution < 1.29 is 27.8 Å². The van der Waals surface area contributed by atoms with Crippen LogP contribution in [-0.2, 0) is 14.6 Å². The second-order valence-electron chi connectivity index (χ2n) is 6.12. The standard InChI is InChI=1S/C17H25NO6S/c1-23-11-9-18(15-7-12-25(21,22)13-15)8-2-10-24-16-5-3-14(4-6-16)17(19)20/h3-6,15H,2,7-13H2,1H3,(H,19,20). The van der Waals surface area contributed by atoms with Gasteiger partial charge in [0.15, 0.2) is 9.84 Å². The number of methoxy groups -OCH3 is 1. The molecule has 2 rings (SSSR count). The minimum atomic E-state index is -2.91. The summed E-state index contributed by atoms with van der Waals surface area (Å²) in [4.78, 5) is 13.0. The number of sulfone groups is 1. The highest BCUT2D eigenvalue weighted by atomic mass is 32.2. The van der Waals surface area contributed by atoms with Crippen LogP contribution in [0.3, 0.4) is 0 Å². The molecule has 1 atom stereocenters. The highest BCUT2D eigenvalue weighted by molar-refractivity contribution is 7.91. The van der Waals surface area contributed by atoms with Crippen LogP contribution in [-0.4, -0.2) is 75.4 Å². The summed E-state index contributed by atoms with van der Waals surface area (Å²) in [5, 5.41) is 8.86. The molecule has 1 aromatic carbocycles. The highest BCUT2D eigenvalue weighted by Gasteiger charge is 2.31. The number of benzene rings is 1. The molecule has 1 unspecified atom stereocenters. The van der Waals surface area contributed by atoms with Gasteiger partial charge in [-0.1, -0.05) is 0 Å². The third kappa shape index (κ3) is 6.30. The average molecular weight is 371 g/mol. The first-order chi connectivity index (χ1) is 11.9. The molecule has 1 saturated heterocycles. The van der Waals surface area contributed by atoms with E-state index in [1.165, 1.54) is 12.1 Å². The molecule has 25 heavy (non-hydrogen) atoms. The Morgan fingerprint density at radius 1 is 1.24 bits per heavy atom. The van der Waals surface area contributed by atoms with Crippen LogP contribution in [0, 0.1) is 0 Å². The van der Waals surface area contributed by atoms with Crippen molar-refractivity contribution >= 4 is 15.8 Å². The molecule has 1 aliphatic rings. The Balaban J connectivity index is 1.79. The van der Waals surface area contributed by atoms with Crippen LogP contribution in [0.2, 0.25) is 0 Å². The predicted molar refractivity (Wildman–Crippen MR) is 94.0 cm³/mol. The molecule has 1 fully saturated rings. The van der Waals surface area contributed by atoms with E-state index in [1.54, 1.807) is 19.2 Å². The van der Waals surface area contributed by atoms with Crippen molar-refractivity contribution in [3.63, 3.8) is 0 Å². The number of carboxylic acids is 1. The van der Waals surface area contributed by atoms with E-state index >= 15 is 0 Å². The summed E-state index contributed by atoms with van der Waals surface area (Å²) < 4.78 is 34.1. The van der Waals surface area contributed by atoms with Crippen molar-refractivity contribution in [2.75, 3.05) is 44.9 Å². The number of carboxylic acid groups (broad SMARTS) is 1. The Morgan fingerprint density at radius 3 is 2.52 bits per heavy atom. The largest absolute Gasteiger partial charge is 0.494 e. The maximum absolute atomic E-state index is 11.7. The van der Waals surface area contributed by atoms with Gasteiger partial charge in [-0.05, 0) is 37.1 Å². The van der Waals surface area contributed by atoms with Crippen LogP contribution in [0.15, 0.2) is 24.3 Å². The second kappa shape index (κ2) is 9.17. The van der Waals surface area contributed by atoms with Gasteiger partial charge < -0.3 is 14.6 Å². The lowest BCUT2D eigenvalue weighted by molar-refractivity contribution is 0.0697. The molecule has 1 N–H and O–H groups in total. The summed E-state index contributed by atoms with van der Waals surface area (Å²) in [5.41, 5.74) is 0.223. The summed E-state index contributed by atoms with van der Waals surface area (Å²) in [6.07, 6.45) is 1.42. The monoisotopic (exact) mass is 371 g/mol. The van der Waals surface area contributed by atoms with E-state index in [2.05, 4.69) is 4.90 Å². The van der Waals surface area contributed by atoms with Gasteiger partial charge in [-0.2, -0.15) is 0 Å². The van der Waals surface area contributed by atoms with E-state index < -0.39 is 15.8 Å². The number of nitrogens with zero attached hydrogens (tertiary/aromatic N) is 1. The highest BCUT2D eigenvalue weighted by Crippen LogP contribution is 2.18. The Labute approximate surface area is 148 Å². The van der Waals surface area contributed by atoms with Gasteiger partial charge in [-0.3, -0.25) is 4.90 Å². The van der Waals surface area contributed by atoms with Crippen molar-refractivity contribution in [1.29, 1.82) is 0 Å². The summed E-state index contributed by atoms with van der Waals surface area (Å²) in [6, 6.07) is 6.33. The van der Waals surface area contributed by atoms with Gasteiger partial charge in [0.25, 0.3) is 0 Å². The molecule has 1 aliphatic heterocycles. The Kier molecular flexibility index (Phi) is 7.22. The lowest BCUT2D eigenvalue weighted by Crippen LogP contribution is -2.39. The number of carbonyl (C=O) groups is 1. The summed E-state index contributed by atoms with van der Waals surface area (Å²) in [6.45, 7) is 2.48. The minimum Gasteiger partial charge on any atom is -0.494 e. The Bertz CT molecular complexity index is 658. The van der Waals surface area contributed by atoms with Crippen LogP contribution >= 0.6 is 0 Å². The summed E-state index contributed by atoms with van der Waals surface area (Å²) in [5.74, 6) is 0.130. The third-order valence-corrected chi connectivity index (χ3v) is 6.02. The molecule has 0 aliphatic carbocycles. The van der Waals surface area contributed by atoms with Gasteiger partial charge >= 0.3 is 5.97 Å². The Hall–Kier alpha value is -1.64. The van der Waals surface area contributed by atoms with E-state index in [0.29, 0.717) is 31.9 Å². The fraction of sp³-hybridized carbons (Fsp3) is 0.588. The summed E-state index contributed by atoms with van der Waals surface area (Å²) >= 11 is 0. The van der Waals surface area contributed by atoms with E-state index in [-0.39, 0.29) is 23.1 Å². The molecule has 0 amide bonds. The van der Waals surface area contributed by atoms with Crippen molar-refractivity contribution in [3.8, 4) is 5.75 Å². The second-order valence-corrected chi connectivity index (χ2v) is 8.35. The van der Waals surface area contributed by atoms with E-state index in [4.69, 9.17) is 14.6 Å². The van der Waals surface area contributed by atoms with Crippen LogP contribution in [0.4, 0.5) is 0 Å². The van der Waals surface area contributed by atoms with Gasteiger partial charge in [0.1, 0.15) is 5.75 Å². The van der Waals surface area contributed by atoms with Crippen molar-refractivity contribution in [2.24, 2.45) is 0 Å². The molecule has 8 heteroatoms. The zero-order valence-electron chi connectivity index (χ0n) is 14.4. The van der Waals surface area contributed by atoms with Gasteiger partial charge in [0, 0.05) is 26.2 Å². The van der Waals surface area contributed by atoms with E-state index in [1.807, 2.05) is 0 Å². The smallest absolute Gasteiger partial charge is 0.335 e. The quantitative estimate of drug-likeness (QED) is 0.620. The number of hydrogen-bond donors (Lipinski definition) is 1. The molecular formula is C17H25NO6S. The van der Waals surface area contributed by atoms with Gasteiger partial charge in [-0.25, -0.2) is 13.2 Å². The molecule has 140 valence electrons. The topological polar surface area (TPSA) is 93.1 Å². The van der Waals surface area contributed by atoms with Crippen molar-refractivity contribution in [2.45, 2.75) is 18.9 Å². The fourth-order valence-corrected chi connectivity index (χ4v) is 4.66. The normalized spacial score (nSPS) is 19.2. The first-order valence-electron chi connectivity index (χ1n) is 8.31. The molecular weight excluding hydrogens is 346 g/mol. The lowest BCUT2D eigenvalue weighted by atomic mass is 10.2. The molecule has 1 heterocycles. The van der Waals surface area contributed by atoms with Crippen molar-refractivity contribution in [1.82, 2.24) is 4.90 Å². The van der Waals surface area contributed by atoms with Gasteiger partial charge in [-0.15, -0.1) is 0 Å². The number of ether oxygens (including phenoxy) is 2. The zero-order chi connectivity index (χ0) is 18.3. The van der Waals surface area contributed by atoms with Crippen LogP contribution in [0.25, 0.3) is 0 Å². The first kappa shape index (κ1) is 19.7.